The van der Waals surface area contributed by atoms with Gasteiger partial charge in [-0.15, -0.1) is 0 Å². The molecule has 242 valence electrons. The van der Waals surface area contributed by atoms with Gasteiger partial charge in [0.1, 0.15) is 17.4 Å². The van der Waals surface area contributed by atoms with E-state index in [1.165, 1.54) is 38.5 Å². The summed E-state index contributed by atoms with van der Waals surface area (Å²) in [7, 11) is 0. The number of ether oxygens (including phenoxy) is 2. The van der Waals surface area contributed by atoms with E-state index in [0.29, 0.717) is 24.7 Å². The molecule has 4 rings (SSSR count). The predicted octanol–water partition coefficient (Wildman–Crippen LogP) is 11.7. The molecule has 3 fully saturated rings. The zero-order valence-electron chi connectivity index (χ0n) is 24.2. The molecule has 0 saturated heterocycles. The topological polar surface area (TPSA) is 18.5 Å². The number of halogens is 9. The molecule has 2 nitrogen and oxygen atoms in total. The average molecular weight is 627 g/mol. The Kier molecular flexibility index (Phi) is 11.4. The molecule has 3 aliphatic carbocycles. The molecule has 3 saturated carbocycles. The first-order chi connectivity index (χ1) is 20.4. The van der Waals surface area contributed by atoms with E-state index in [1.807, 2.05) is 0 Å². The molecule has 0 spiro atoms. The molecule has 0 aliphatic heterocycles. The van der Waals surface area contributed by atoms with Gasteiger partial charge in [0.15, 0.2) is 11.6 Å². The summed E-state index contributed by atoms with van der Waals surface area (Å²) in [5.74, 6) is -8.34. The predicted molar refractivity (Wildman–Crippen MR) is 143 cm³/mol. The van der Waals surface area contributed by atoms with E-state index < -0.39 is 70.7 Å². The van der Waals surface area contributed by atoms with Crippen LogP contribution in [0, 0.1) is 47.1 Å². The van der Waals surface area contributed by atoms with Crippen LogP contribution in [0.4, 0.5) is 39.5 Å². The SMILES string of the molecule is CCCC1CCC(C2CCC(C(F)=C(F)C3CCC(C(F)(F)Oc4cc(F)c(OC(F)=C(F)F)c(F)c4)CC3)CC2)CC1. The standard InChI is InChI=1S/C32H39F9O2/c1-2-3-18-4-6-19(7-5-18)20-8-10-21(11-9-20)27(35)28(36)22-12-14-23(15-13-22)32(40,41)43-24-16-25(33)29(26(34)17-24)42-31(39)30(37)38/h16-23H,2-15H2,1H3. The molecule has 1 aromatic rings. The summed E-state index contributed by atoms with van der Waals surface area (Å²) in [4.78, 5) is 0. The summed E-state index contributed by atoms with van der Waals surface area (Å²) in [5, 5.41) is 0. The summed E-state index contributed by atoms with van der Waals surface area (Å²) in [6, 6.07) is -2.03. The van der Waals surface area contributed by atoms with E-state index in [-0.39, 0.29) is 37.8 Å². The molecule has 0 heterocycles. The summed E-state index contributed by atoms with van der Waals surface area (Å²) in [6.45, 7) is 2.21. The highest BCUT2D eigenvalue weighted by Crippen LogP contribution is 2.47. The van der Waals surface area contributed by atoms with Gasteiger partial charge in [-0.2, -0.15) is 22.0 Å². The molecular weight excluding hydrogens is 587 g/mol. The van der Waals surface area contributed by atoms with Crippen LogP contribution in [0.5, 0.6) is 11.5 Å². The molecule has 11 heteroatoms. The van der Waals surface area contributed by atoms with Gasteiger partial charge in [0, 0.05) is 24.0 Å². The quantitative estimate of drug-likeness (QED) is 0.190. The van der Waals surface area contributed by atoms with Gasteiger partial charge in [0.25, 0.3) is 0 Å². The zero-order chi connectivity index (χ0) is 31.3. The fourth-order valence-corrected chi connectivity index (χ4v) is 7.34. The van der Waals surface area contributed by atoms with E-state index in [2.05, 4.69) is 16.4 Å². The minimum atomic E-state index is -3.92. The highest BCUT2D eigenvalue weighted by atomic mass is 19.3. The lowest BCUT2D eigenvalue weighted by Gasteiger charge is -2.38. The maximum atomic E-state index is 15.2. The Balaban J connectivity index is 1.28. The van der Waals surface area contributed by atoms with Crippen LogP contribution >= 0.6 is 0 Å². The number of alkyl halides is 2. The zero-order valence-corrected chi connectivity index (χ0v) is 24.2. The summed E-state index contributed by atoms with van der Waals surface area (Å²) in [6.07, 6.45) is 2.93. The monoisotopic (exact) mass is 626 g/mol. The van der Waals surface area contributed by atoms with E-state index in [0.717, 1.165) is 18.8 Å². The third-order valence-corrected chi connectivity index (χ3v) is 9.74. The highest BCUT2D eigenvalue weighted by molar-refractivity contribution is 5.36. The molecule has 0 aromatic heterocycles. The van der Waals surface area contributed by atoms with Gasteiger partial charge in [-0.1, -0.05) is 32.6 Å². The van der Waals surface area contributed by atoms with Crippen LogP contribution in [0.15, 0.2) is 35.9 Å². The summed E-state index contributed by atoms with van der Waals surface area (Å²) >= 11 is 0. The van der Waals surface area contributed by atoms with Crippen LogP contribution in [0.2, 0.25) is 0 Å². The molecule has 0 bridgehead atoms. The maximum Gasteiger partial charge on any atom is 0.400 e. The molecular formula is C32H39F9O2. The van der Waals surface area contributed by atoms with Crippen molar-refractivity contribution in [2.75, 3.05) is 0 Å². The number of hydrogen-bond donors (Lipinski definition) is 0. The lowest BCUT2D eigenvalue weighted by molar-refractivity contribution is -0.223. The van der Waals surface area contributed by atoms with Crippen LogP contribution in [0.3, 0.4) is 0 Å². The lowest BCUT2D eigenvalue weighted by Crippen LogP contribution is -2.37. The average Bonchev–Trinajstić information content (AvgIpc) is 2.98. The van der Waals surface area contributed by atoms with Crippen molar-refractivity contribution in [2.24, 2.45) is 35.5 Å². The van der Waals surface area contributed by atoms with Gasteiger partial charge in [0.05, 0.1) is 5.92 Å². The first-order valence-electron chi connectivity index (χ1n) is 15.4. The molecule has 43 heavy (non-hydrogen) atoms. The van der Waals surface area contributed by atoms with Crippen LogP contribution < -0.4 is 9.47 Å². The van der Waals surface area contributed by atoms with Crippen molar-refractivity contribution < 1.29 is 49.0 Å². The number of allylic oxidation sites excluding steroid dienone is 2. The first kappa shape index (κ1) is 33.6. The van der Waals surface area contributed by atoms with Crippen LogP contribution in [0.1, 0.15) is 96.8 Å². The minimum absolute atomic E-state index is 0.0465. The Morgan fingerprint density at radius 1 is 0.721 bits per heavy atom. The smallest absolute Gasteiger partial charge is 0.400 e. The van der Waals surface area contributed by atoms with Crippen molar-refractivity contribution in [3.63, 3.8) is 0 Å². The van der Waals surface area contributed by atoms with Gasteiger partial charge >= 0.3 is 18.2 Å². The van der Waals surface area contributed by atoms with Gasteiger partial charge in [-0.25, -0.2) is 17.6 Å². The normalized spacial score (nSPS) is 29.1. The van der Waals surface area contributed by atoms with E-state index >= 15 is 8.78 Å². The second kappa shape index (κ2) is 14.6. The molecule has 0 amide bonds. The van der Waals surface area contributed by atoms with Gasteiger partial charge in [-0.3, -0.25) is 0 Å². The fraction of sp³-hybridized carbons (Fsp3) is 0.688. The van der Waals surface area contributed by atoms with Crippen molar-refractivity contribution in [1.82, 2.24) is 0 Å². The Morgan fingerprint density at radius 3 is 1.65 bits per heavy atom. The Morgan fingerprint density at radius 2 is 1.19 bits per heavy atom. The fourth-order valence-electron chi connectivity index (χ4n) is 7.34. The van der Waals surface area contributed by atoms with Crippen molar-refractivity contribution in [1.29, 1.82) is 0 Å². The Hall–Kier alpha value is -2.33. The molecule has 0 N–H and O–H groups in total. The lowest BCUT2D eigenvalue weighted by atomic mass is 9.68. The largest absolute Gasteiger partial charge is 0.432 e. The Bertz CT molecular complexity index is 1120. The van der Waals surface area contributed by atoms with Gasteiger partial charge < -0.3 is 9.47 Å². The second-order valence-corrected chi connectivity index (χ2v) is 12.4. The van der Waals surface area contributed by atoms with Crippen molar-refractivity contribution in [2.45, 2.75) is 103 Å². The molecule has 0 unspecified atom stereocenters. The Labute approximate surface area is 246 Å². The minimum Gasteiger partial charge on any atom is -0.432 e. The van der Waals surface area contributed by atoms with Crippen molar-refractivity contribution in [3.05, 3.63) is 47.5 Å². The molecule has 1 aromatic carbocycles. The maximum absolute atomic E-state index is 15.2. The number of benzene rings is 1. The van der Waals surface area contributed by atoms with Crippen LogP contribution in [-0.2, 0) is 0 Å². The van der Waals surface area contributed by atoms with Crippen LogP contribution in [0.25, 0.3) is 0 Å². The van der Waals surface area contributed by atoms with Crippen molar-refractivity contribution in [3.8, 4) is 11.5 Å². The van der Waals surface area contributed by atoms with Gasteiger partial charge in [-0.05, 0) is 82.0 Å². The molecule has 0 radical (unpaired) electrons. The van der Waals surface area contributed by atoms with E-state index in [9.17, 15) is 30.7 Å². The van der Waals surface area contributed by atoms with Crippen molar-refractivity contribution >= 4 is 0 Å². The third-order valence-electron chi connectivity index (χ3n) is 9.74. The summed E-state index contributed by atoms with van der Waals surface area (Å²) in [5.41, 5.74) is 0. The van der Waals surface area contributed by atoms with E-state index in [4.69, 9.17) is 0 Å². The number of rotatable bonds is 10. The molecule has 3 aliphatic rings. The van der Waals surface area contributed by atoms with Crippen LogP contribution in [-0.4, -0.2) is 6.11 Å². The summed E-state index contributed by atoms with van der Waals surface area (Å²) < 4.78 is 134. The first-order valence-corrected chi connectivity index (χ1v) is 15.4. The van der Waals surface area contributed by atoms with Gasteiger partial charge in [0.2, 0.25) is 5.75 Å². The highest BCUT2D eigenvalue weighted by Gasteiger charge is 2.45. The second-order valence-electron chi connectivity index (χ2n) is 12.4. The van der Waals surface area contributed by atoms with E-state index in [1.54, 1.807) is 0 Å². The molecule has 0 atom stereocenters. The number of hydrogen-bond acceptors (Lipinski definition) is 2. The third kappa shape index (κ3) is 8.44.